The number of esters is 2. The molecule has 0 aromatic rings. The van der Waals surface area contributed by atoms with E-state index in [4.69, 9.17) is 9.47 Å². The summed E-state index contributed by atoms with van der Waals surface area (Å²) in [7, 11) is 0. The highest BCUT2D eigenvalue weighted by molar-refractivity contribution is 5.91. The van der Waals surface area contributed by atoms with Gasteiger partial charge in [-0.15, -0.1) is 13.2 Å². The number of ether oxygens (including phenoxy) is 2. The smallest absolute Gasteiger partial charge is 0.317 e. The van der Waals surface area contributed by atoms with Gasteiger partial charge < -0.3 is 9.47 Å². The largest absolute Gasteiger partial charge is 0.465 e. The minimum absolute atomic E-state index is 0.0800. The molecule has 0 heterocycles. The summed E-state index contributed by atoms with van der Waals surface area (Å²) in [6.07, 6.45) is 25.2. The van der Waals surface area contributed by atoms with Crippen LogP contribution in [0.1, 0.15) is 138 Å². The number of fused-ring (bicyclic) bond motifs is 6. The molecule has 0 amide bonds. The summed E-state index contributed by atoms with van der Waals surface area (Å²) in [4.78, 5) is 26.2. The van der Waals surface area contributed by atoms with Gasteiger partial charge in [-0.25, -0.2) is 0 Å². The molecule has 4 nitrogen and oxygen atoms in total. The highest BCUT2D eigenvalue weighted by Crippen LogP contribution is 2.65. The molecule has 0 bridgehead atoms. The molecule has 0 N–H and O–H groups in total. The molecule has 6 rings (SSSR count). The Morgan fingerprint density at radius 3 is 1.47 bits per heavy atom. The fraction of sp³-hybridized carbons (Fsp3) is 0.767. The van der Waals surface area contributed by atoms with E-state index in [0.717, 1.165) is 51.4 Å². The predicted molar refractivity (Wildman–Crippen MR) is 190 cm³/mol. The highest BCUT2D eigenvalue weighted by Gasteiger charge is 2.57. The first-order valence-electron chi connectivity index (χ1n) is 19.1. The first-order valence-corrected chi connectivity index (χ1v) is 19.1. The maximum atomic E-state index is 13.1. The topological polar surface area (TPSA) is 52.6 Å². The molecule has 10 atom stereocenters. The van der Waals surface area contributed by atoms with Crippen molar-refractivity contribution in [3.8, 4) is 0 Å². The molecular weight excluding hydrogens is 580 g/mol. The number of rotatable bonds is 8. The standard InChI is InChI=1S/C43H64O4/c1-9-38(3)23-17-32-30(26-38)13-15-34-40(5,19-11-21-42(32,34)7)28-46-36(44)25-37(45)47-29-41(6)20-12-22-43(8)33-18-24-39(4,10-2)27-31(33)14-16-35(41)43/h9-10,13-14,32-35H,1-2,11-12,15-29H2,3-8H3/t32-,33-,34+,35+,38+,39+,40+,41+,42-,43-/m0/s1. The van der Waals surface area contributed by atoms with Crippen LogP contribution in [-0.2, 0) is 19.1 Å². The third kappa shape index (κ3) is 6.16. The summed E-state index contributed by atoms with van der Waals surface area (Å²) < 4.78 is 11.9. The third-order valence-corrected chi connectivity index (χ3v) is 15.5. The molecule has 0 aromatic heterocycles. The van der Waals surface area contributed by atoms with Crippen LogP contribution in [0.25, 0.3) is 0 Å². The second-order valence-corrected chi connectivity index (χ2v) is 18.9. The summed E-state index contributed by atoms with van der Waals surface area (Å²) in [6.45, 7) is 23.4. The van der Waals surface area contributed by atoms with Gasteiger partial charge in [-0.05, 0) is 122 Å². The molecule has 4 saturated carbocycles. The van der Waals surface area contributed by atoms with Gasteiger partial charge in [0.15, 0.2) is 0 Å². The maximum absolute atomic E-state index is 13.1. The molecule has 47 heavy (non-hydrogen) atoms. The van der Waals surface area contributed by atoms with E-state index in [1.165, 1.54) is 38.5 Å². The lowest BCUT2D eigenvalue weighted by molar-refractivity contribution is -0.165. The van der Waals surface area contributed by atoms with Gasteiger partial charge in [0, 0.05) is 10.8 Å². The van der Waals surface area contributed by atoms with Crippen LogP contribution in [0, 0.1) is 56.2 Å². The molecule has 0 spiro atoms. The van der Waals surface area contributed by atoms with E-state index >= 15 is 0 Å². The van der Waals surface area contributed by atoms with Crippen LogP contribution in [0.15, 0.2) is 48.6 Å². The Balaban J connectivity index is 1.04. The summed E-state index contributed by atoms with van der Waals surface area (Å²) >= 11 is 0. The zero-order valence-corrected chi connectivity index (χ0v) is 30.7. The average molecular weight is 645 g/mol. The minimum atomic E-state index is -0.439. The minimum Gasteiger partial charge on any atom is -0.465 e. The van der Waals surface area contributed by atoms with Crippen molar-refractivity contribution in [2.24, 2.45) is 56.2 Å². The van der Waals surface area contributed by atoms with Crippen LogP contribution in [0.5, 0.6) is 0 Å². The molecule has 6 aliphatic rings. The highest BCUT2D eigenvalue weighted by atomic mass is 16.6. The molecule has 260 valence electrons. The second-order valence-electron chi connectivity index (χ2n) is 18.9. The average Bonchev–Trinajstić information content (AvgIpc) is 3.02. The van der Waals surface area contributed by atoms with Gasteiger partial charge in [-0.1, -0.05) is 89.8 Å². The van der Waals surface area contributed by atoms with Crippen molar-refractivity contribution in [3.05, 3.63) is 48.6 Å². The van der Waals surface area contributed by atoms with Crippen LogP contribution in [0.3, 0.4) is 0 Å². The molecule has 0 radical (unpaired) electrons. The normalized spacial score (nSPS) is 45.8. The van der Waals surface area contributed by atoms with Crippen LogP contribution in [0.2, 0.25) is 0 Å². The van der Waals surface area contributed by atoms with Crippen molar-refractivity contribution >= 4 is 11.9 Å². The van der Waals surface area contributed by atoms with Gasteiger partial charge in [-0.2, -0.15) is 0 Å². The van der Waals surface area contributed by atoms with E-state index in [9.17, 15) is 9.59 Å². The number of hydrogen-bond donors (Lipinski definition) is 0. The zero-order chi connectivity index (χ0) is 33.9. The molecule has 4 fully saturated rings. The zero-order valence-electron chi connectivity index (χ0n) is 30.7. The van der Waals surface area contributed by atoms with Gasteiger partial charge in [-0.3, -0.25) is 9.59 Å². The van der Waals surface area contributed by atoms with Crippen LogP contribution < -0.4 is 0 Å². The Morgan fingerprint density at radius 2 is 1.09 bits per heavy atom. The Hall–Kier alpha value is -2.10. The summed E-state index contributed by atoms with van der Waals surface area (Å²) in [5, 5.41) is 0. The monoisotopic (exact) mass is 644 g/mol. The van der Waals surface area contributed by atoms with Crippen LogP contribution in [0.4, 0.5) is 0 Å². The molecule has 0 saturated heterocycles. The third-order valence-electron chi connectivity index (χ3n) is 15.5. The Kier molecular flexibility index (Phi) is 9.13. The molecule has 0 unspecified atom stereocenters. The van der Waals surface area contributed by atoms with Crippen molar-refractivity contribution in [3.63, 3.8) is 0 Å². The summed E-state index contributed by atoms with van der Waals surface area (Å²) in [6, 6.07) is 0. The lowest BCUT2D eigenvalue weighted by Gasteiger charge is -2.59. The number of hydrogen-bond acceptors (Lipinski definition) is 4. The van der Waals surface area contributed by atoms with Gasteiger partial charge >= 0.3 is 11.9 Å². The van der Waals surface area contributed by atoms with Crippen molar-refractivity contribution in [2.75, 3.05) is 13.2 Å². The molecule has 0 aliphatic heterocycles. The Morgan fingerprint density at radius 1 is 0.681 bits per heavy atom. The lowest BCUT2D eigenvalue weighted by atomic mass is 9.45. The molecule has 0 aromatic carbocycles. The van der Waals surface area contributed by atoms with Crippen molar-refractivity contribution in [1.82, 2.24) is 0 Å². The Labute approximate surface area is 286 Å². The van der Waals surface area contributed by atoms with E-state index in [0.29, 0.717) is 36.9 Å². The second kappa shape index (κ2) is 12.3. The van der Waals surface area contributed by atoms with Crippen LogP contribution >= 0.6 is 0 Å². The van der Waals surface area contributed by atoms with Gasteiger partial charge in [0.1, 0.15) is 6.42 Å². The fourth-order valence-corrected chi connectivity index (χ4v) is 12.5. The number of carbonyl (C=O) groups excluding carboxylic acids is 2. The lowest BCUT2D eigenvalue weighted by Crippen LogP contribution is -2.53. The van der Waals surface area contributed by atoms with Gasteiger partial charge in [0.05, 0.1) is 13.2 Å². The number of carbonyl (C=O) groups is 2. The van der Waals surface area contributed by atoms with E-state index in [2.05, 4.69) is 79.0 Å². The molecular formula is C43H64O4. The first-order chi connectivity index (χ1) is 22.1. The van der Waals surface area contributed by atoms with E-state index < -0.39 is 11.9 Å². The van der Waals surface area contributed by atoms with E-state index in [1.807, 2.05) is 0 Å². The van der Waals surface area contributed by atoms with E-state index in [-0.39, 0.29) is 38.9 Å². The van der Waals surface area contributed by atoms with Crippen LogP contribution in [-0.4, -0.2) is 25.2 Å². The first kappa shape index (κ1) is 34.8. The van der Waals surface area contributed by atoms with Crippen molar-refractivity contribution < 1.29 is 19.1 Å². The predicted octanol–water partition coefficient (Wildman–Crippen LogP) is 10.7. The maximum Gasteiger partial charge on any atom is 0.317 e. The fourth-order valence-electron chi connectivity index (χ4n) is 12.5. The van der Waals surface area contributed by atoms with Gasteiger partial charge in [0.2, 0.25) is 0 Å². The quantitative estimate of drug-likeness (QED) is 0.150. The van der Waals surface area contributed by atoms with Crippen molar-refractivity contribution in [2.45, 2.75) is 138 Å². The van der Waals surface area contributed by atoms with Gasteiger partial charge in [0.25, 0.3) is 0 Å². The SMILES string of the molecule is C=C[C@]1(C)CC[C@H]2C(=CC[C@@H]3[C@@](C)(COC(=O)CC(=O)OC[C@@]4(C)CCC[C@]5(C)[C@@H]4CC=C4C[C@](C)(C=C)CC[C@@H]45)CCC[C@]32C)C1. The summed E-state index contributed by atoms with van der Waals surface area (Å²) in [5.41, 5.74) is 3.98. The van der Waals surface area contributed by atoms with E-state index in [1.54, 1.807) is 11.1 Å². The molecule has 6 aliphatic carbocycles. The number of allylic oxidation sites excluding steroid dienone is 6. The summed E-state index contributed by atoms with van der Waals surface area (Å²) in [5.74, 6) is 1.30. The van der Waals surface area contributed by atoms with Crippen molar-refractivity contribution in [1.29, 1.82) is 0 Å². The molecule has 4 heteroatoms. The Bertz CT molecular complexity index is 1240.